The van der Waals surface area contributed by atoms with E-state index in [1.54, 1.807) is 24.3 Å². The fraction of sp³-hybridized carbons (Fsp3) is 0.308. The molecule has 0 radical (unpaired) electrons. The minimum Gasteiger partial charge on any atom is -0.482 e. The van der Waals surface area contributed by atoms with Crippen molar-refractivity contribution in [2.45, 2.75) is 50.1 Å². The molecule has 1 amide bonds. The summed E-state index contributed by atoms with van der Waals surface area (Å²) in [7, 11) is 0. The second-order valence-electron chi connectivity index (χ2n) is 9.20. The van der Waals surface area contributed by atoms with E-state index in [9.17, 15) is 9.59 Å². The summed E-state index contributed by atoms with van der Waals surface area (Å²) in [6.45, 7) is 12.7. The molecule has 1 aliphatic heterocycles. The number of ether oxygens (including phenoxy) is 1. The zero-order valence-corrected chi connectivity index (χ0v) is 20.6. The largest absolute Gasteiger partial charge is 0.482 e. The van der Waals surface area contributed by atoms with Crippen LogP contribution in [0, 0.1) is 0 Å². The SMILES string of the molecule is C=CCn1c(SC(C)C(=O)c2ccc3c(c2)NC(=O)CO3)nnc1-c1ccc(C(C)(C)C)cc1. The molecule has 1 aromatic heterocycles. The Morgan fingerprint density at radius 3 is 2.65 bits per heavy atom. The van der Waals surface area contributed by atoms with Gasteiger partial charge < -0.3 is 10.1 Å². The van der Waals surface area contributed by atoms with Crippen LogP contribution in [0.3, 0.4) is 0 Å². The van der Waals surface area contributed by atoms with Gasteiger partial charge in [0.25, 0.3) is 5.91 Å². The summed E-state index contributed by atoms with van der Waals surface area (Å²) < 4.78 is 7.35. The van der Waals surface area contributed by atoms with Gasteiger partial charge in [0.05, 0.1) is 10.9 Å². The minimum absolute atomic E-state index is 0.0211. The van der Waals surface area contributed by atoms with Crippen LogP contribution in [0.5, 0.6) is 5.75 Å². The lowest BCUT2D eigenvalue weighted by atomic mass is 9.87. The Morgan fingerprint density at radius 2 is 1.97 bits per heavy atom. The summed E-state index contributed by atoms with van der Waals surface area (Å²) in [6, 6.07) is 13.4. The van der Waals surface area contributed by atoms with Gasteiger partial charge in [-0.2, -0.15) is 0 Å². The van der Waals surface area contributed by atoms with Gasteiger partial charge in [0.2, 0.25) is 0 Å². The highest BCUT2D eigenvalue weighted by molar-refractivity contribution is 8.00. The number of fused-ring (bicyclic) bond motifs is 1. The smallest absolute Gasteiger partial charge is 0.262 e. The normalized spacial score (nSPS) is 14.1. The van der Waals surface area contributed by atoms with Crippen LogP contribution < -0.4 is 10.1 Å². The standard InChI is InChI=1S/C26H28N4O3S/c1-6-13-30-24(17-7-10-19(11-8-17)26(3,4)5)28-29-25(30)34-16(2)23(32)18-9-12-21-20(14-18)27-22(31)15-33-21/h6-12,14,16H,1,13,15H2,2-5H3,(H,27,31). The Hall–Kier alpha value is -3.39. The third kappa shape index (κ3) is 4.92. The fourth-order valence-electron chi connectivity index (χ4n) is 3.69. The van der Waals surface area contributed by atoms with E-state index < -0.39 is 5.25 Å². The van der Waals surface area contributed by atoms with Gasteiger partial charge in [0.15, 0.2) is 23.4 Å². The molecule has 0 fully saturated rings. The van der Waals surface area contributed by atoms with Crippen LogP contribution in [-0.4, -0.2) is 38.3 Å². The van der Waals surface area contributed by atoms with E-state index in [0.717, 1.165) is 11.4 Å². The van der Waals surface area contributed by atoms with Gasteiger partial charge in [-0.25, -0.2) is 0 Å². The molecule has 1 unspecified atom stereocenters. The molecule has 2 heterocycles. The molecule has 4 rings (SSSR count). The molecule has 8 heteroatoms. The molecule has 3 aromatic rings. The second kappa shape index (κ2) is 9.46. The molecule has 0 aliphatic carbocycles. The van der Waals surface area contributed by atoms with Crippen molar-refractivity contribution in [2.75, 3.05) is 11.9 Å². The number of hydrogen-bond donors (Lipinski definition) is 1. The number of benzene rings is 2. The van der Waals surface area contributed by atoms with Gasteiger partial charge in [0, 0.05) is 17.7 Å². The number of carbonyl (C=O) groups is 2. The predicted octanol–water partition coefficient (Wildman–Crippen LogP) is 5.12. The van der Waals surface area contributed by atoms with Crippen molar-refractivity contribution >= 4 is 29.1 Å². The maximum Gasteiger partial charge on any atom is 0.262 e. The molecular weight excluding hydrogens is 448 g/mol. The van der Waals surface area contributed by atoms with E-state index in [4.69, 9.17) is 4.74 Å². The zero-order chi connectivity index (χ0) is 24.5. The topological polar surface area (TPSA) is 86.1 Å². The molecular formula is C26H28N4O3S. The number of anilines is 1. The van der Waals surface area contributed by atoms with Crippen molar-refractivity contribution in [1.82, 2.24) is 14.8 Å². The number of aromatic nitrogens is 3. The van der Waals surface area contributed by atoms with Crippen LogP contribution in [0.25, 0.3) is 11.4 Å². The molecule has 0 saturated carbocycles. The maximum atomic E-state index is 13.1. The highest BCUT2D eigenvalue weighted by Crippen LogP contribution is 2.32. The van der Waals surface area contributed by atoms with Crippen LogP contribution >= 0.6 is 11.8 Å². The van der Waals surface area contributed by atoms with Gasteiger partial charge in [-0.15, -0.1) is 16.8 Å². The highest BCUT2D eigenvalue weighted by Gasteiger charge is 2.24. The van der Waals surface area contributed by atoms with Crippen molar-refractivity contribution in [2.24, 2.45) is 0 Å². The molecule has 34 heavy (non-hydrogen) atoms. The summed E-state index contributed by atoms with van der Waals surface area (Å²) >= 11 is 1.35. The van der Waals surface area contributed by atoms with E-state index >= 15 is 0 Å². The first-order valence-corrected chi connectivity index (χ1v) is 12.0. The van der Waals surface area contributed by atoms with E-state index in [1.165, 1.54) is 17.3 Å². The summed E-state index contributed by atoms with van der Waals surface area (Å²) in [5.41, 5.74) is 3.27. The van der Waals surface area contributed by atoms with Crippen LogP contribution in [0.15, 0.2) is 60.3 Å². The van der Waals surface area contributed by atoms with E-state index in [1.807, 2.05) is 11.5 Å². The molecule has 176 valence electrons. The number of thioether (sulfide) groups is 1. The number of rotatable bonds is 7. The molecule has 1 atom stereocenters. The number of amides is 1. The second-order valence-corrected chi connectivity index (χ2v) is 10.5. The minimum atomic E-state index is -0.415. The van der Waals surface area contributed by atoms with Crippen LogP contribution in [0.2, 0.25) is 0 Å². The van der Waals surface area contributed by atoms with Gasteiger partial charge in [0.1, 0.15) is 5.75 Å². The maximum absolute atomic E-state index is 13.1. The van der Waals surface area contributed by atoms with E-state index in [-0.39, 0.29) is 23.7 Å². The lowest BCUT2D eigenvalue weighted by Gasteiger charge is -2.19. The lowest BCUT2D eigenvalue weighted by molar-refractivity contribution is -0.118. The van der Waals surface area contributed by atoms with E-state index in [2.05, 4.69) is 67.1 Å². The van der Waals surface area contributed by atoms with Gasteiger partial charge in [-0.3, -0.25) is 14.2 Å². The molecule has 2 aromatic carbocycles. The number of hydrogen-bond acceptors (Lipinski definition) is 6. The monoisotopic (exact) mass is 476 g/mol. The summed E-state index contributed by atoms with van der Waals surface area (Å²) in [5, 5.41) is 11.8. The molecule has 1 aliphatic rings. The zero-order valence-electron chi connectivity index (χ0n) is 19.8. The summed E-state index contributed by atoms with van der Waals surface area (Å²) in [6.07, 6.45) is 1.79. The molecule has 1 N–H and O–H groups in total. The van der Waals surface area contributed by atoms with Gasteiger partial charge >= 0.3 is 0 Å². The van der Waals surface area contributed by atoms with Gasteiger partial charge in [-0.05, 0) is 36.1 Å². The number of carbonyl (C=O) groups excluding carboxylic acids is 2. The first kappa shape index (κ1) is 23.8. The Bertz CT molecular complexity index is 1240. The number of allylic oxidation sites excluding steroid dienone is 1. The van der Waals surface area contributed by atoms with Crippen molar-refractivity contribution in [3.8, 4) is 17.1 Å². The van der Waals surface area contributed by atoms with Crippen molar-refractivity contribution in [3.63, 3.8) is 0 Å². The van der Waals surface area contributed by atoms with Crippen LogP contribution in [0.4, 0.5) is 5.69 Å². The number of nitrogens with zero attached hydrogens (tertiary/aromatic N) is 3. The average molecular weight is 477 g/mol. The van der Waals surface area contributed by atoms with Gasteiger partial charge in [-0.1, -0.05) is 62.9 Å². The molecule has 0 bridgehead atoms. The lowest BCUT2D eigenvalue weighted by Crippen LogP contribution is -2.25. The first-order chi connectivity index (χ1) is 16.2. The third-order valence-corrected chi connectivity index (χ3v) is 6.67. The Balaban J connectivity index is 1.56. The summed E-state index contributed by atoms with van der Waals surface area (Å²) in [5.74, 6) is 0.984. The van der Waals surface area contributed by atoms with Crippen molar-refractivity contribution < 1.29 is 14.3 Å². The predicted molar refractivity (Wildman–Crippen MR) is 135 cm³/mol. The Kier molecular flexibility index (Phi) is 6.61. The molecule has 0 saturated heterocycles. The molecule has 0 spiro atoms. The van der Waals surface area contributed by atoms with E-state index in [0.29, 0.717) is 28.7 Å². The third-order valence-electron chi connectivity index (χ3n) is 5.59. The number of Topliss-reactive ketones (excluding diaryl/α,β-unsaturated/α-hetero) is 1. The summed E-state index contributed by atoms with van der Waals surface area (Å²) in [4.78, 5) is 24.8. The average Bonchev–Trinajstić information content (AvgIpc) is 3.19. The Morgan fingerprint density at radius 1 is 1.24 bits per heavy atom. The Labute approximate surface area is 203 Å². The number of ketones is 1. The fourth-order valence-corrected chi connectivity index (χ4v) is 4.62. The van der Waals surface area contributed by atoms with Crippen molar-refractivity contribution in [1.29, 1.82) is 0 Å². The number of nitrogens with one attached hydrogen (secondary N) is 1. The van der Waals surface area contributed by atoms with Crippen molar-refractivity contribution in [3.05, 3.63) is 66.2 Å². The first-order valence-electron chi connectivity index (χ1n) is 11.1. The van der Waals surface area contributed by atoms with Crippen LogP contribution in [-0.2, 0) is 16.8 Å². The van der Waals surface area contributed by atoms with Crippen LogP contribution in [0.1, 0.15) is 43.6 Å². The quantitative estimate of drug-likeness (QED) is 0.289. The highest BCUT2D eigenvalue weighted by atomic mass is 32.2. The molecule has 7 nitrogen and oxygen atoms in total.